The average molecular weight is 434 g/mol. The Labute approximate surface area is 179 Å². The minimum absolute atomic E-state index is 0.280. The molecule has 1 aliphatic heterocycles. The summed E-state index contributed by atoms with van der Waals surface area (Å²) in [7, 11) is 0. The number of alkyl halides is 3. The molecule has 2 heterocycles. The van der Waals surface area contributed by atoms with Gasteiger partial charge in [-0.2, -0.15) is 18.3 Å². The molecule has 1 aromatic heterocycles. The summed E-state index contributed by atoms with van der Waals surface area (Å²) in [6.07, 6.45) is 3.74. The van der Waals surface area contributed by atoms with Crippen molar-refractivity contribution in [3.05, 3.63) is 77.4 Å². The lowest BCUT2D eigenvalue weighted by atomic mass is 10.0. The maximum absolute atomic E-state index is 13.4. The molecule has 0 aliphatic carbocycles. The van der Waals surface area contributed by atoms with Crippen molar-refractivity contribution >= 4 is 5.57 Å². The van der Waals surface area contributed by atoms with E-state index < -0.39 is 11.7 Å². The van der Waals surface area contributed by atoms with Gasteiger partial charge in [-0.1, -0.05) is 25.2 Å². The van der Waals surface area contributed by atoms with Crippen molar-refractivity contribution in [2.75, 3.05) is 0 Å². The van der Waals surface area contributed by atoms with Crippen LogP contribution in [-0.4, -0.2) is 16.0 Å². The van der Waals surface area contributed by atoms with Gasteiger partial charge < -0.3 is 4.74 Å². The Morgan fingerprint density at radius 1 is 1.23 bits per heavy atom. The first kappa shape index (κ1) is 22.8. The van der Waals surface area contributed by atoms with Gasteiger partial charge >= 0.3 is 6.18 Å². The average Bonchev–Trinajstić information content (AvgIpc) is 3.05. The first-order valence-electron chi connectivity index (χ1n) is 10.4. The first-order chi connectivity index (χ1) is 14.8. The number of halogens is 4. The molecule has 31 heavy (non-hydrogen) atoms. The highest BCUT2D eigenvalue weighted by atomic mass is 19.4. The van der Waals surface area contributed by atoms with E-state index >= 15 is 0 Å². The SMILES string of the molecule is C\C=C/C(=C\C(=C\CC)C(F)(F)F)c1cc2n(n1)CCCCC2Oc1ccc(F)cc1. The second-order valence-corrected chi connectivity index (χ2v) is 7.40. The van der Waals surface area contributed by atoms with Crippen LogP contribution in [0.4, 0.5) is 17.6 Å². The normalized spacial score (nSPS) is 18.2. The van der Waals surface area contributed by atoms with Crippen molar-refractivity contribution in [1.29, 1.82) is 0 Å². The summed E-state index contributed by atoms with van der Waals surface area (Å²) >= 11 is 0. The van der Waals surface area contributed by atoms with Gasteiger partial charge in [0.1, 0.15) is 17.7 Å². The lowest BCUT2D eigenvalue weighted by Crippen LogP contribution is -2.11. The predicted molar refractivity (Wildman–Crippen MR) is 113 cm³/mol. The van der Waals surface area contributed by atoms with Crippen LogP contribution < -0.4 is 4.74 Å². The number of allylic oxidation sites excluding steroid dienone is 6. The zero-order chi connectivity index (χ0) is 22.4. The minimum Gasteiger partial charge on any atom is -0.484 e. The summed E-state index contributed by atoms with van der Waals surface area (Å²) in [4.78, 5) is 0. The molecule has 0 bridgehead atoms. The molecule has 7 heteroatoms. The van der Waals surface area contributed by atoms with Crippen molar-refractivity contribution in [3.63, 3.8) is 0 Å². The van der Waals surface area contributed by atoms with Crippen molar-refractivity contribution in [3.8, 4) is 5.75 Å². The van der Waals surface area contributed by atoms with Gasteiger partial charge in [0.15, 0.2) is 0 Å². The fourth-order valence-electron chi connectivity index (χ4n) is 3.58. The van der Waals surface area contributed by atoms with E-state index in [-0.39, 0.29) is 18.3 Å². The van der Waals surface area contributed by atoms with Crippen LogP contribution in [0.5, 0.6) is 5.75 Å². The second kappa shape index (κ2) is 9.98. The Morgan fingerprint density at radius 2 is 1.97 bits per heavy atom. The molecule has 1 aliphatic rings. The third-order valence-electron chi connectivity index (χ3n) is 5.02. The molecule has 0 amide bonds. The van der Waals surface area contributed by atoms with Gasteiger partial charge in [-0.15, -0.1) is 0 Å². The summed E-state index contributed by atoms with van der Waals surface area (Å²) in [6.45, 7) is 4.09. The van der Waals surface area contributed by atoms with E-state index in [0.717, 1.165) is 31.0 Å². The van der Waals surface area contributed by atoms with Crippen LogP contribution in [0.1, 0.15) is 57.0 Å². The van der Waals surface area contributed by atoms with Gasteiger partial charge in [0.05, 0.1) is 17.0 Å². The fourth-order valence-corrected chi connectivity index (χ4v) is 3.58. The lowest BCUT2D eigenvalue weighted by Gasteiger charge is -2.17. The summed E-state index contributed by atoms with van der Waals surface area (Å²) in [5.41, 5.74) is 0.972. The molecule has 3 nitrogen and oxygen atoms in total. The number of hydrogen-bond donors (Lipinski definition) is 0. The third-order valence-corrected chi connectivity index (χ3v) is 5.02. The van der Waals surface area contributed by atoms with E-state index in [2.05, 4.69) is 5.10 Å². The van der Waals surface area contributed by atoms with Crippen LogP contribution in [0, 0.1) is 5.82 Å². The molecule has 2 aromatic rings. The molecule has 1 aromatic carbocycles. The highest BCUT2D eigenvalue weighted by molar-refractivity contribution is 5.74. The second-order valence-electron chi connectivity index (χ2n) is 7.40. The number of fused-ring (bicyclic) bond motifs is 1. The largest absolute Gasteiger partial charge is 0.484 e. The van der Waals surface area contributed by atoms with Crippen LogP contribution in [-0.2, 0) is 6.54 Å². The molecule has 1 atom stereocenters. The van der Waals surface area contributed by atoms with Crippen LogP contribution in [0.3, 0.4) is 0 Å². The smallest absolute Gasteiger partial charge is 0.416 e. The Kier molecular flexibility index (Phi) is 7.36. The van der Waals surface area contributed by atoms with Crippen LogP contribution in [0.25, 0.3) is 5.57 Å². The van der Waals surface area contributed by atoms with Crippen molar-refractivity contribution in [1.82, 2.24) is 9.78 Å². The van der Waals surface area contributed by atoms with E-state index in [1.54, 1.807) is 44.2 Å². The lowest BCUT2D eigenvalue weighted by molar-refractivity contribution is -0.0883. The van der Waals surface area contributed by atoms with E-state index in [0.29, 0.717) is 23.6 Å². The van der Waals surface area contributed by atoms with Crippen molar-refractivity contribution in [2.45, 2.75) is 58.4 Å². The number of nitrogens with zero attached hydrogens (tertiary/aromatic N) is 2. The molecular formula is C24H26F4N2O. The van der Waals surface area contributed by atoms with Gasteiger partial charge in [-0.3, -0.25) is 4.68 Å². The Morgan fingerprint density at radius 3 is 2.61 bits per heavy atom. The number of hydrogen-bond acceptors (Lipinski definition) is 2. The zero-order valence-electron chi connectivity index (χ0n) is 17.6. The van der Waals surface area contributed by atoms with E-state index in [1.165, 1.54) is 18.2 Å². The standard InChI is InChI=1S/C24H26F4N2O/c1-3-7-17(15-18(8-4-2)24(26,27)28)21-16-22-23(9-5-6-14-30(22)29-21)31-20-12-10-19(25)11-13-20/h3,7-8,10-13,15-16,23H,4-6,9,14H2,1-2H3/b7-3-,17-15+,18-8-. The van der Waals surface area contributed by atoms with Crippen LogP contribution in [0.15, 0.2) is 60.2 Å². The van der Waals surface area contributed by atoms with Crippen LogP contribution >= 0.6 is 0 Å². The Bertz CT molecular complexity index is 968. The fraction of sp³-hybridized carbons (Fsp3) is 0.375. The summed E-state index contributed by atoms with van der Waals surface area (Å²) in [6, 6.07) is 7.60. The third kappa shape index (κ3) is 5.87. The number of rotatable bonds is 6. The van der Waals surface area contributed by atoms with Gasteiger partial charge in [-0.05, 0) is 69.0 Å². The number of benzene rings is 1. The first-order valence-corrected chi connectivity index (χ1v) is 10.4. The van der Waals surface area contributed by atoms with Gasteiger partial charge in [-0.25, -0.2) is 4.39 Å². The molecule has 166 valence electrons. The molecule has 0 saturated heterocycles. The maximum atomic E-state index is 13.4. The Hall–Kier alpha value is -2.83. The van der Waals surface area contributed by atoms with Crippen molar-refractivity contribution in [2.24, 2.45) is 0 Å². The molecule has 1 unspecified atom stereocenters. The van der Waals surface area contributed by atoms with E-state index in [4.69, 9.17) is 4.74 Å². The van der Waals surface area contributed by atoms with E-state index in [9.17, 15) is 17.6 Å². The number of ether oxygens (including phenoxy) is 1. The Balaban J connectivity index is 1.98. The molecule has 0 fully saturated rings. The summed E-state index contributed by atoms with van der Waals surface area (Å²) in [5.74, 6) is 0.194. The number of aryl methyl sites for hydroxylation is 1. The molecule has 0 saturated carbocycles. The summed E-state index contributed by atoms with van der Waals surface area (Å²) in [5, 5.41) is 4.59. The van der Waals surface area contributed by atoms with Crippen molar-refractivity contribution < 1.29 is 22.3 Å². The highest BCUT2D eigenvalue weighted by Crippen LogP contribution is 2.34. The number of aromatic nitrogens is 2. The molecule has 0 N–H and O–H groups in total. The highest BCUT2D eigenvalue weighted by Gasteiger charge is 2.32. The van der Waals surface area contributed by atoms with Gasteiger partial charge in [0.2, 0.25) is 0 Å². The minimum atomic E-state index is -4.44. The predicted octanol–water partition coefficient (Wildman–Crippen LogP) is 7.18. The van der Waals surface area contributed by atoms with Gasteiger partial charge in [0, 0.05) is 12.1 Å². The quantitative estimate of drug-likeness (QED) is 0.356. The molecule has 0 spiro atoms. The topological polar surface area (TPSA) is 27.1 Å². The molecular weight excluding hydrogens is 408 g/mol. The zero-order valence-corrected chi connectivity index (χ0v) is 17.6. The monoisotopic (exact) mass is 434 g/mol. The molecule has 3 rings (SSSR count). The van der Waals surface area contributed by atoms with Crippen LogP contribution in [0.2, 0.25) is 0 Å². The molecule has 0 radical (unpaired) electrons. The van der Waals surface area contributed by atoms with Gasteiger partial charge in [0.25, 0.3) is 0 Å². The van der Waals surface area contributed by atoms with E-state index in [1.807, 2.05) is 4.68 Å². The summed E-state index contributed by atoms with van der Waals surface area (Å²) < 4.78 is 61.4. The maximum Gasteiger partial charge on any atom is 0.416 e.